The molecule has 1 aromatic carbocycles. The Labute approximate surface area is 116 Å². The van der Waals surface area contributed by atoms with Crippen molar-refractivity contribution in [3.05, 3.63) is 30.1 Å². The third-order valence-corrected chi connectivity index (χ3v) is 4.42. The van der Waals surface area contributed by atoms with E-state index in [4.69, 9.17) is 10.5 Å². The highest BCUT2D eigenvalue weighted by molar-refractivity contribution is 7.92. The first-order valence-electron chi connectivity index (χ1n) is 6.13. The first-order chi connectivity index (χ1) is 9.56. The first kappa shape index (κ1) is 12.8. The number of anilines is 2. The summed E-state index contributed by atoms with van der Waals surface area (Å²) in [5.41, 5.74) is 7.37. The number of hydrogen-bond acceptors (Lipinski definition) is 5. The molecule has 0 spiro atoms. The van der Waals surface area contributed by atoms with Gasteiger partial charge in [0.15, 0.2) is 0 Å². The summed E-state index contributed by atoms with van der Waals surface area (Å²) in [7, 11) is -3.76. The highest BCUT2D eigenvalue weighted by atomic mass is 32.2. The Balaban J connectivity index is 2.07. The Kier molecular flexibility index (Phi) is 3.01. The summed E-state index contributed by atoms with van der Waals surface area (Å²) in [6.45, 7) is 0.505. The number of fused-ring (bicyclic) bond motifs is 1. The number of benzene rings is 1. The van der Waals surface area contributed by atoms with Crippen LogP contribution in [0.25, 0.3) is 0 Å². The lowest BCUT2D eigenvalue weighted by Gasteiger charge is -2.21. The number of aromatic nitrogens is 2. The van der Waals surface area contributed by atoms with Crippen molar-refractivity contribution >= 4 is 21.4 Å². The monoisotopic (exact) mass is 294 g/mol. The molecule has 0 atom stereocenters. The molecule has 7 nitrogen and oxygen atoms in total. The molecule has 1 aliphatic heterocycles. The average molecular weight is 294 g/mol. The molecular formula is C12H14N4O3S. The van der Waals surface area contributed by atoms with Gasteiger partial charge in [-0.15, -0.1) is 0 Å². The van der Waals surface area contributed by atoms with E-state index in [0.717, 1.165) is 18.4 Å². The fourth-order valence-corrected chi connectivity index (χ4v) is 3.44. The molecule has 0 bridgehead atoms. The van der Waals surface area contributed by atoms with E-state index in [2.05, 4.69) is 14.9 Å². The van der Waals surface area contributed by atoms with Gasteiger partial charge in [-0.2, -0.15) is 5.10 Å². The zero-order chi connectivity index (χ0) is 14.2. The fraction of sp³-hybridized carbons (Fsp3) is 0.250. The van der Waals surface area contributed by atoms with Gasteiger partial charge in [0.1, 0.15) is 10.6 Å². The molecule has 0 unspecified atom stereocenters. The third-order valence-electron chi connectivity index (χ3n) is 3.03. The molecule has 0 amide bonds. The van der Waals surface area contributed by atoms with Crippen LogP contribution < -0.4 is 15.2 Å². The summed E-state index contributed by atoms with van der Waals surface area (Å²) >= 11 is 0. The minimum Gasteiger partial charge on any atom is -0.492 e. The largest absolute Gasteiger partial charge is 0.492 e. The van der Waals surface area contributed by atoms with E-state index >= 15 is 0 Å². The number of aromatic amines is 1. The van der Waals surface area contributed by atoms with Crippen molar-refractivity contribution in [3.63, 3.8) is 0 Å². The van der Waals surface area contributed by atoms with Gasteiger partial charge in [-0.05, 0) is 30.5 Å². The summed E-state index contributed by atoms with van der Waals surface area (Å²) < 4.78 is 32.8. The zero-order valence-electron chi connectivity index (χ0n) is 10.6. The number of nitrogens with one attached hydrogen (secondary N) is 2. The van der Waals surface area contributed by atoms with Gasteiger partial charge in [-0.3, -0.25) is 9.82 Å². The zero-order valence-corrected chi connectivity index (χ0v) is 11.4. The first-order valence-corrected chi connectivity index (χ1v) is 7.61. The number of nitrogens with two attached hydrogens (primary N) is 1. The lowest BCUT2D eigenvalue weighted by atomic mass is 10.1. The van der Waals surface area contributed by atoms with Crippen molar-refractivity contribution in [1.29, 1.82) is 0 Å². The molecule has 2 aromatic rings. The molecule has 0 aliphatic carbocycles. The van der Waals surface area contributed by atoms with E-state index in [0.29, 0.717) is 23.7 Å². The van der Waals surface area contributed by atoms with Crippen LogP contribution in [0.3, 0.4) is 0 Å². The minimum absolute atomic E-state index is 0.0633. The number of sulfonamides is 1. The van der Waals surface area contributed by atoms with E-state index in [1.165, 1.54) is 18.5 Å². The molecule has 4 N–H and O–H groups in total. The predicted molar refractivity (Wildman–Crippen MR) is 74.1 cm³/mol. The van der Waals surface area contributed by atoms with Gasteiger partial charge in [0.25, 0.3) is 10.0 Å². The Morgan fingerprint density at radius 1 is 1.40 bits per heavy atom. The number of H-pyrrole nitrogens is 1. The van der Waals surface area contributed by atoms with Crippen molar-refractivity contribution < 1.29 is 13.2 Å². The van der Waals surface area contributed by atoms with Crippen LogP contribution in [0.5, 0.6) is 5.75 Å². The van der Waals surface area contributed by atoms with Crippen LogP contribution in [0.4, 0.5) is 11.4 Å². The van der Waals surface area contributed by atoms with Gasteiger partial charge >= 0.3 is 0 Å². The Morgan fingerprint density at radius 2 is 2.25 bits per heavy atom. The van der Waals surface area contributed by atoms with Crippen molar-refractivity contribution in [2.75, 3.05) is 17.1 Å². The van der Waals surface area contributed by atoms with Crippen LogP contribution in [-0.2, 0) is 16.4 Å². The second-order valence-electron chi connectivity index (χ2n) is 4.55. The number of nitrogens with zero attached hydrogens (tertiary/aromatic N) is 1. The molecular weight excluding hydrogens is 280 g/mol. The highest BCUT2D eigenvalue weighted by Gasteiger charge is 2.25. The molecule has 1 aromatic heterocycles. The molecule has 20 heavy (non-hydrogen) atoms. The van der Waals surface area contributed by atoms with Gasteiger partial charge in [0.2, 0.25) is 0 Å². The quantitative estimate of drug-likeness (QED) is 0.735. The smallest absolute Gasteiger partial charge is 0.265 e. The molecule has 0 saturated heterocycles. The summed E-state index contributed by atoms with van der Waals surface area (Å²) in [5, 5.41) is 6.24. The van der Waals surface area contributed by atoms with Crippen molar-refractivity contribution in [2.45, 2.75) is 17.7 Å². The van der Waals surface area contributed by atoms with Crippen molar-refractivity contribution in [3.8, 4) is 5.75 Å². The van der Waals surface area contributed by atoms with Crippen molar-refractivity contribution in [1.82, 2.24) is 10.2 Å². The second-order valence-corrected chi connectivity index (χ2v) is 6.20. The minimum atomic E-state index is -3.76. The van der Waals surface area contributed by atoms with Gasteiger partial charge in [-0.1, -0.05) is 0 Å². The van der Waals surface area contributed by atoms with Crippen molar-refractivity contribution in [2.24, 2.45) is 0 Å². The number of rotatable bonds is 3. The van der Waals surface area contributed by atoms with E-state index in [1.54, 1.807) is 6.07 Å². The SMILES string of the molecule is Nc1cc2c(c(S(=O)(=O)Nc3cn[nH]c3)c1)OCCC2. The number of hydrogen-bond donors (Lipinski definition) is 3. The second kappa shape index (κ2) is 4.71. The van der Waals surface area contributed by atoms with Gasteiger partial charge in [-0.25, -0.2) is 8.42 Å². The maximum atomic E-state index is 12.4. The van der Waals surface area contributed by atoms with Crippen LogP contribution in [0.1, 0.15) is 12.0 Å². The third kappa shape index (κ3) is 2.29. The Bertz CT molecular complexity index is 725. The summed E-state index contributed by atoms with van der Waals surface area (Å²) in [4.78, 5) is 0.0633. The van der Waals surface area contributed by atoms with Crippen LogP contribution in [0, 0.1) is 0 Å². The lowest BCUT2D eigenvalue weighted by Crippen LogP contribution is -2.18. The normalized spacial score (nSPS) is 14.4. The highest BCUT2D eigenvalue weighted by Crippen LogP contribution is 2.35. The van der Waals surface area contributed by atoms with E-state index in [-0.39, 0.29) is 4.90 Å². The molecule has 2 heterocycles. The van der Waals surface area contributed by atoms with Crippen LogP contribution >= 0.6 is 0 Å². The average Bonchev–Trinajstić information content (AvgIpc) is 2.89. The summed E-state index contributed by atoms with van der Waals surface area (Å²) in [5.74, 6) is 0.390. The van der Waals surface area contributed by atoms with E-state index in [9.17, 15) is 8.42 Å². The van der Waals surface area contributed by atoms with Gasteiger partial charge in [0.05, 0.1) is 18.5 Å². The fourth-order valence-electron chi connectivity index (χ4n) is 2.19. The Morgan fingerprint density at radius 3 is 3.00 bits per heavy atom. The number of aryl methyl sites for hydroxylation is 1. The summed E-state index contributed by atoms with van der Waals surface area (Å²) in [6, 6.07) is 3.16. The van der Waals surface area contributed by atoms with E-state index in [1.807, 2.05) is 0 Å². The molecule has 0 radical (unpaired) electrons. The van der Waals surface area contributed by atoms with Crippen LogP contribution in [0.2, 0.25) is 0 Å². The maximum Gasteiger partial charge on any atom is 0.265 e. The molecule has 0 fully saturated rings. The number of ether oxygens (including phenoxy) is 1. The standard InChI is InChI=1S/C12H14N4O3S/c13-9-4-8-2-1-3-19-12(8)11(5-9)20(17,18)16-10-6-14-15-7-10/h4-7,16H,1-3,13H2,(H,14,15). The van der Waals surface area contributed by atoms with Gasteiger partial charge in [0, 0.05) is 11.9 Å². The summed E-state index contributed by atoms with van der Waals surface area (Å²) in [6.07, 6.45) is 4.45. The van der Waals surface area contributed by atoms with Crippen LogP contribution in [0.15, 0.2) is 29.4 Å². The molecule has 3 rings (SSSR count). The lowest BCUT2D eigenvalue weighted by molar-refractivity contribution is 0.280. The molecule has 1 aliphatic rings. The molecule has 8 heteroatoms. The molecule has 106 valence electrons. The Hall–Kier alpha value is -2.22. The van der Waals surface area contributed by atoms with E-state index < -0.39 is 10.0 Å². The van der Waals surface area contributed by atoms with Crippen LogP contribution in [-0.4, -0.2) is 25.2 Å². The maximum absolute atomic E-state index is 12.4. The van der Waals surface area contributed by atoms with Gasteiger partial charge < -0.3 is 10.5 Å². The predicted octanol–water partition coefficient (Wildman–Crippen LogP) is 1.12. The number of nitrogen functional groups attached to an aromatic ring is 1. The topological polar surface area (TPSA) is 110 Å². The molecule has 0 saturated carbocycles.